The van der Waals surface area contributed by atoms with Gasteiger partial charge in [-0.15, -0.1) is 0 Å². The number of nitrogens with two attached hydrogens (primary N) is 1. The quantitative estimate of drug-likeness (QED) is 0.880. The van der Waals surface area contributed by atoms with Crippen molar-refractivity contribution < 1.29 is 13.2 Å². The van der Waals surface area contributed by atoms with Crippen LogP contribution in [0.15, 0.2) is 58.8 Å². The molecule has 0 unspecified atom stereocenters. The van der Waals surface area contributed by atoms with Crippen LogP contribution in [0.25, 0.3) is 5.57 Å². The number of rotatable bonds is 3. The molecule has 0 fully saturated rings. The molecule has 1 aliphatic heterocycles. The van der Waals surface area contributed by atoms with Crippen LogP contribution in [0.3, 0.4) is 0 Å². The van der Waals surface area contributed by atoms with E-state index in [-0.39, 0.29) is 11.5 Å². The highest BCUT2D eigenvalue weighted by Crippen LogP contribution is 2.34. The van der Waals surface area contributed by atoms with Crippen molar-refractivity contribution in [1.29, 1.82) is 0 Å². The number of nitrogen functional groups attached to an aromatic ring is 1. The third-order valence-corrected chi connectivity index (χ3v) is 4.64. The second kappa shape index (κ2) is 4.68. The molecule has 0 radical (unpaired) electrons. The molecule has 1 aliphatic rings. The Morgan fingerprint density at radius 1 is 1.05 bits per heavy atom. The second-order valence-electron chi connectivity index (χ2n) is 4.55. The van der Waals surface area contributed by atoms with E-state index in [4.69, 9.17) is 10.5 Å². The normalized spacial score (nSPS) is 15.5. The van der Waals surface area contributed by atoms with E-state index >= 15 is 0 Å². The average Bonchev–Trinajstić information content (AvgIpc) is 2.69. The van der Waals surface area contributed by atoms with Gasteiger partial charge in [-0.25, -0.2) is 8.42 Å². The summed E-state index contributed by atoms with van der Waals surface area (Å²) in [5.74, 6) is 0.703. The molecule has 0 saturated heterocycles. The molecule has 102 valence electrons. The number of sulfone groups is 1. The van der Waals surface area contributed by atoms with Crippen molar-refractivity contribution >= 4 is 21.1 Å². The van der Waals surface area contributed by atoms with E-state index in [1.165, 1.54) is 11.5 Å². The maximum Gasteiger partial charge on any atom is 0.200 e. The zero-order chi connectivity index (χ0) is 14.2. The van der Waals surface area contributed by atoms with E-state index in [9.17, 15) is 8.42 Å². The predicted octanol–water partition coefficient (Wildman–Crippen LogP) is 2.48. The van der Waals surface area contributed by atoms with Gasteiger partial charge in [0.05, 0.1) is 4.90 Å². The van der Waals surface area contributed by atoms with Crippen LogP contribution < -0.4 is 10.5 Å². The van der Waals surface area contributed by atoms with Crippen molar-refractivity contribution in [3.8, 4) is 5.75 Å². The van der Waals surface area contributed by atoms with Gasteiger partial charge in [-0.05, 0) is 24.3 Å². The average molecular weight is 287 g/mol. The Morgan fingerprint density at radius 3 is 2.55 bits per heavy atom. The summed E-state index contributed by atoms with van der Waals surface area (Å²) in [4.78, 5) is 0.254. The molecular weight excluding hydrogens is 274 g/mol. The minimum absolute atomic E-state index is 0.208. The summed E-state index contributed by atoms with van der Waals surface area (Å²) in [6.45, 7) is 0.208. The van der Waals surface area contributed by atoms with E-state index in [1.807, 2.05) is 30.3 Å². The molecule has 5 heteroatoms. The standard InChI is InChI=1S/C15H13NO3S/c16-12-6-7-14-11(10-20(17,18)15(14)8-12)9-19-13-4-2-1-3-5-13/h1-8,10H,9,16H2. The van der Waals surface area contributed by atoms with Gasteiger partial charge in [-0.2, -0.15) is 0 Å². The first-order chi connectivity index (χ1) is 9.56. The number of hydrogen-bond donors (Lipinski definition) is 1. The molecule has 2 aromatic rings. The molecule has 0 bridgehead atoms. The Bertz CT molecular complexity index is 780. The minimum atomic E-state index is -3.40. The zero-order valence-corrected chi connectivity index (χ0v) is 11.4. The summed E-state index contributed by atoms with van der Waals surface area (Å²) < 4.78 is 29.7. The summed E-state index contributed by atoms with van der Waals surface area (Å²) in [5.41, 5.74) is 7.38. The highest BCUT2D eigenvalue weighted by molar-refractivity contribution is 7.95. The van der Waals surface area contributed by atoms with Gasteiger partial charge in [-0.1, -0.05) is 24.3 Å². The molecule has 2 aromatic carbocycles. The predicted molar refractivity (Wildman–Crippen MR) is 78.0 cm³/mol. The molecule has 0 amide bonds. The van der Waals surface area contributed by atoms with Crippen LogP contribution in [0.5, 0.6) is 5.75 Å². The van der Waals surface area contributed by atoms with Crippen LogP contribution in [-0.4, -0.2) is 15.0 Å². The number of benzene rings is 2. The fraction of sp³-hybridized carbons (Fsp3) is 0.0667. The van der Waals surface area contributed by atoms with E-state index in [0.29, 0.717) is 22.6 Å². The van der Waals surface area contributed by atoms with Crippen LogP contribution in [0.2, 0.25) is 0 Å². The van der Waals surface area contributed by atoms with Crippen molar-refractivity contribution in [2.45, 2.75) is 4.90 Å². The Labute approximate surface area is 117 Å². The van der Waals surface area contributed by atoms with Crippen molar-refractivity contribution in [1.82, 2.24) is 0 Å². The maximum atomic E-state index is 12.0. The summed E-state index contributed by atoms with van der Waals surface area (Å²) in [6.07, 6.45) is 0. The summed E-state index contributed by atoms with van der Waals surface area (Å²) >= 11 is 0. The van der Waals surface area contributed by atoms with E-state index in [2.05, 4.69) is 0 Å². The lowest BCUT2D eigenvalue weighted by molar-refractivity contribution is 0.370. The summed E-state index contributed by atoms with van der Waals surface area (Å²) in [5, 5.41) is 1.25. The molecule has 2 N–H and O–H groups in total. The highest BCUT2D eigenvalue weighted by atomic mass is 32.2. The lowest BCUT2D eigenvalue weighted by atomic mass is 10.1. The monoisotopic (exact) mass is 287 g/mol. The van der Waals surface area contributed by atoms with Gasteiger partial charge in [-0.3, -0.25) is 0 Å². The molecule has 0 aliphatic carbocycles. The first-order valence-corrected chi connectivity index (χ1v) is 7.64. The molecule has 0 aromatic heterocycles. The molecule has 20 heavy (non-hydrogen) atoms. The topological polar surface area (TPSA) is 69.4 Å². The highest BCUT2D eigenvalue weighted by Gasteiger charge is 2.27. The van der Waals surface area contributed by atoms with E-state index < -0.39 is 9.84 Å². The fourth-order valence-corrected chi connectivity index (χ4v) is 3.65. The van der Waals surface area contributed by atoms with Gasteiger partial charge in [0.15, 0.2) is 0 Å². The molecule has 0 saturated carbocycles. The smallest absolute Gasteiger partial charge is 0.200 e. The SMILES string of the molecule is Nc1ccc2c(c1)S(=O)(=O)C=C2COc1ccccc1. The van der Waals surface area contributed by atoms with Crippen molar-refractivity contribution in [3.63, 3.8) is 0 Å². The second-order valence-corrected chi connectivity index (χ2v) is 6.31. The first-order valence-electron chi connectivity index (χ1n) is 6.10. The summed E-state index contributed by atoms with van der Waals surface area (Å²) in [6, 6.07) is 14.2. The van der Waals surface area contributed by atoms with Crippen molar-refractivity contribution in [2.75, 3.05) is 12.3 Å². The number of ether oxygens (including phenoxy) is 1. The van der Waals surface area contributed by atoms with Gasteiger partial charge in [0.2, 0.25) is 9.84 Å². The van der Waals surface area contributed by atoms with Crippen LogP contribution in [0.4, 0.5) is 5.69 Å². The van der Waals surface area contributed by atoms with Crippen LogP contribution in [-0.2, 0) is 9.84 Å². The van der Waals surface area contributed by atoms with Gasteiger partial charge in [0.25, 0.3) is 0 Å². The summed E-state index contributed by atoms with van der Waals surface area (Å²) in [7, 11) is -3.40. The van der Waals surface area contributed by atoms with Gasteiger partial charge < -0.3 is 10.5 Å². The Morgan fingerprint density at radius 2 is 1.80 bits per heavy atom. The first kappa shape index (κ1) is 12.7. The minimum Gasteiger partial charge on any atom is -0.489 e. The molecule has 4 nitrogen and oxygen atoms in total. The molecule has 0 atom stereocenters. The van der Waals surface area contributed by atoms with Gasteiger partial charge in [0.1, 0.15) is 12.4 Å². The zero-order valence-electron chi connectivity index (χ0n) is 10.6. The van der Waals surface area contributed by atoms with E-state index in [1.54, 1.807) is 12.1 Å². The van der Waals surface area contributed by atoms with E-state index in [0.717, 1.165) is 0 Å². The van der Waals surface area contributed by atoms with Gasteiger partial charge in [0, 0.05) is 22.2 Å². The Hall–Kier alpha value is -2.27. The molecule has 3 rings (SSSR count). The lowest BCUT2D eigenvalue weighted by Gasteiger charge is -2.08. The third-order valence-electron chi connectivity index (χ3n) is 3.09. The van der Waals surface area contributed by atoms with Crippen LogP contribution in [0, 0.1) is 0 Å². The number of hydrogen-bond acceptors (Lipinski definition) is 4. The van der Waals surface area contributed by atoms with Crippen LogP contribution in [0.1, 0.15) is 5.56 Å². The van der Waals surface area contributed by atoms with Crippen molar-refractivity contribution in [3.05, 3.63) is 59.5 Å². The largest absolute Gasteiger partial charge is 0.489 e. The Kier molecular flexibility index (Phi) is 2.99. The number of fused-ring (bicyclic) bond motifs is 1. The lowest BCUT2D eigenvalue weighted by Crippen LogP contribution is -1.99. The van der Waals surface area contributed by atoms with Gasteiger partial charge >= 0.3 is 0 Å². The molecule has 1 heterocycles. The Balaban J connectivity index is 1.89. The molecule has 0 spiro atoms. The van der Waals surface area contributed by atoms with Crippen LogP contribution >= 0.6 is 0 Å². The fourth-order valence-electron chi connectivity index (χ4n) is 2.14. The third kappa shape index (κ3) is 2.28. The van der Waals surface area contributed by atoms with Crippen molar-refractivity contribution in [2.24, 2.45) is 0 Å². The number of para-hydroxylation sites is 1. The number of anilines is 1. The maximum absolute atomic E-state index is 12.0. The molecular formula is C15H13NO3S.